The maximum absolute atomic E-state index is 12.9. The Bertz CT molecular complexity index is 939. The Hall–Kier alpha value is -3.16. The molecule has 0 radical (unpaired) electrons. The fourth-order valence-electron chi connectivity index (χ4n) is 3.57. The second kappa shape index (κ2) is 7.22. The summed E-state index contributed by atoms with van der Waals surface area (Å²) < 4.78 is 9.01. The molecule has 0 aliphatic carbocycles. The number of benzene rings is 1. The van der Waals surface area contributed by atoms with E-state index in [4.69, 9.17) is 4.74 Å². The average molecular weight is 366 g/mol. The first-order chi connectivity index (χ1) is 13.2. The molecule has 1 saturated heterocycles. The molecule has 8 nitrogen and oxygen atoms in total. The third kappa shape index (κ3) is 3.30. The summed E-state index contributed by atoms with van der Waals surface area (Å²) in [5.41, 5.74) is 1.39. The number of piperidine rings is 1. The molecule has 0 N–H and O–H groups in total. The molecule has 1 fully saturated rings. The summed E-state index contributed by atoms with van der Waals surface area (Å²) in [6, 6.07) is 7.60. The highest BCUT2D eigenvalue weighted by atomic mass is 16.5. The normalized spacial score (nSPS) is 15.1. The number of ether oxygens (including phenoxy) is 1. The van der Waals surface area contributed by atoms with Crippen LogP contribution in [0.1, 0.15) is 34.9 Å². The highest BCUT2D eigenvalue weighted by molar-refractivity contribution is 5.93. The summed E-state index contributed by atoms with van der Waals surface area (Å²) >= 11 is 0. The molecular formula is C19H22N6O2. The van der Waals surface area contributed by atoms with Crippen LogP contribution in [0.15, 0.2) is 43.0 Å². The van der Waals surface area contributed by atoms with E-state index in [0.717, 1.165) is 24.4 Å². The summed E-state index contributed by atoms with van der Waals surface area (Å²) in [6.07, 6.45) is 6.87. The highest BCUT2D eigenvalue weighted by Crippen LogP contribution is 2.27. The molecular weight excluding hydrogens is 344 g/mol. The van der Waals surface area contributed by atoms with Crippen LogP contribution < -0.4 is 4.74 Å². The van der Waals surface area contributed by atoms with Gasteiger partial charge in [0.1, 0.15) is 23.6 Å². The molecule has 4 rings (SSSR count). The summed E-state index contributed by atoms with van der Waals surface area (Å²) in [6.45, 7) is 1.41. The number of carbonyl (C=O) groups excluding carboxylic acids is 1. The van der Waals surface area contributed by atoms with Gasteiger partial charge in [-0.15, -0.1) is 10.2 Å². The molecule has 1 aromatic carbocycles. The van der Waals surface area contributed by atoms with Crippen LogP contribution in [0.2, 0.25) is 0 Å². The Morgan fingerprint density at radius 2 is 2.00 bits per heavy atom. The van der Waals surface area contributed by atoms with Crippen LogP contribution in [0.25, 0.3) is 5.69 Å². The number of methoxy groups -OCH3 is 1. The van der Waals surface area contributed by atoms with E-state index < -0.39 is 0 Å². The van der Waals surface area contributed by atoms with Crippen LogP contribution in [0.5, 0.6) is 5.75 Å². The number of rotatable bonds is 4. The molecule has 2 aromatic heterocycles. The number of carbonyl (C=O) groups is 1. The lowest BCUT2D eigenvalue weighted by molar-refractivity contribution is 0.0710. The number of aromatic nitrogens is 5. The van der Waals surface area contributed by atoms with E-state index in [1.165, 1.54) is 0 Å². The van der Waals surface area contributed by atoms with Gasteiger partial charge >= 0.3 is 0 Å². The van der Waals surface area contributed by atoms with Gasteiger partial charge in [-0.05, 0) is 25.0 Å². The highest BCUT2D eigenvalue weighted by Gasteiger charge is 2.27. The number of para-hydroxylation sites is 2. The molecule has 140 valence electrons. The molecule has 1 aliphatic heterocycles. The van der Waals surface area contributed by atoms with Crippen LogP contribution >= 0.6 is 0 Å². The number of aryl methyl sites for hydroxylation is 1. The van der Waals surface area contributed by atoms with Crippen molar-refractivity contribution in [1.82, 2.24) is 29.4 Å². The van der Waals surface area contributed by atoms with Crippen LogP contribution in [-0.2, 0) is 7.05 Å². The molecule has 0 bridgehead atoms. The quantitative estimate of drug-likeness (QED) is 0.706. The topological polar surface area (TPSA) is 78.1 Å². The number of amides is 1. The fraction of sp³-hybridized carbons (Fsp3) is 0.368. The van der Waals surface area contributed by atoms with Gasteiger partial charge in [-0.25, -0.2) is 4.68 Å². The minimum atomic E-state index is 0.00700. The van der Waals surface area contributed by atoms with Crippen LogP contribution in [-0.4, -0.2) is 55.6 Å². The van der Waals surface area contributed by atoms with E-state index in [9.17, 15) is 4.79 Å². The van der Waals surface area contributed by atoms with Gasteiger partial charge in [-0.3, -0.25) is 4.79 Å². The maximum Gasteiger partial charge on any atom is 0.257 e. The molecule has 3 heterocycles. The molecule has 0 spiro atoms. The second-order valence-corrected chi connectivity index (χ2v) is 6.71. The molecule has 3 aromatic rings. The first-order valence-corrected chi connectivity index (χ1v) is 8.98. The van der Waals surface area contributed by atoms with E-state index in [1.54, 1.807) is 30.5 Å². The smallest absolute Gasteiger partial charge is 0.257 e. The number of likely N-dealkylation sites (tertiary alicyclic amines) is 1. The van der Waals surface area contributed by atoms with E-state index in [1.807, 2.05) is 40.8 Å². The van der Waals surface area contributed by atoms with Gasteiger partial charge in [0.2, 0.25) is 0 Å². The van der Waals surface area contributed by atoms with Crippen molar-refractivity contribution < 1.29 is 9.53 Å². The summed E-state index contributed by atoms with van der Waals surface area (Å²) in [5, 5.41) is 12.5. The molecule has 1 aliphatic rings. The minimum Gasteiger partial charge on any atom is -0.494 e. The lowest BCUT2D eigenvalue weighted by Gasteiger charge is -2.31. The molecule has 27 heavy (non-hydrogen) atoms. The van der Waals surface area contributed by atoms with Gasteiger partial charge < -0.3 is 14.2 Å². The van der Waals surface area contributed by atoms with Gasteiger partial charge in [-0.2, -0.15) is 5.10 Å². The van der Waals surface area contributed by atoms with E-state index >= 15 is 0 Å². The maximum atomic E-state index is 12.9. The van der Waals surface area contributed by atoms with Crippen molar-refractivity contribution in [3.05, 3.63) is 54.4 Å². The van der Waals surface area contributed by atoms with Crippen molar-refractivity contribution in [1.29, 1.82) is 0 Å². The predicted octanol–water partition coefficient (Wildman–Crippen LogP) is 2.03. The van der Waals surface area contributed by atoms with Gasteiger partial charge in [0.05, 0.1) is 18.9 Å². The van der Waals surface area contributed by atoms with Crippen LogP contribution in [0, 0.1) is 0 Å². The molecule has 0 atom stereocenters. The van der Waals surface area contributed by atoms with Crippen LogP contribution in [0.3, 0.4) is 0 Å². The van der Waals surface area contributed by atoms with Gasteiger partial charge in [0.15, 0.2) is 0 Å². The summed E-state index contributed by atoms with van der Waals surface area (Å²) in [7, 11) is 3.58. The third-order valence-electron chi connectivity index (χ3n) is 5.06. The van der Waals surface area contributed by atoms with Crippen molar-refractivity contribution in [3.63, 3.8) is 0 Å². The van der Waals surface area contributed by atoms with Crippen molar-refractivity contribution in [2.24, 2.45) is 7.05 Å². The van der Waals surface area contributed by atoms with Crippen molar-refractivity contribution >= 4 is 5.91 Å². The SMILES string of the molecule is COc1ccccc1-n1cc(C(=O)N2CCC(c3nncn3C)CC2)cn1. The zero-order chi connectivity index (χ0) is 18.8. The minimum absolute atomic E-state index is 0.00700. The van der Waals surface area contributed by atoms with E-state index in [2.05, 4.69) is 15.3 Å². The van der Waals surface area contributed by atoms with E-state index in [-0.39, 0.29) is 5.91 Å². The number of hydrogen-bond acceptors (Lipinski definition) is 5. The Labute approximate surface area is 157 Å². The first-order valence-electron chi connectivity index (χ1n) is 8.98. The van der Waals surface area contributed by atoms with Crippen molar-refractivity contribution in [2.45, 2.75) is 18.8 Å². The van der Waals surface area contributed by atoms with Gasteiger partial charge in [0, 0.05) is 32.3 Å². The summed E-state index contributed by atoms with van der Waals surface area (Å²) in [5.74, 6) is 2.06. The van der Waals surface area contributed by atoms with Crippen molar-refractivity contribution in [3.8, 4) is 11.4 Å². The molecule has 8 heteroatoms. The Morgan fingerprint density at radius 1 is 1.22 bits per heavy atom. The second-order valence-electron chi connectivity index (χ2n) is 6.71. The van der Waals surface area contributed by atoms with E-state index in [0.29, 0.717) is 30.3 Å². The van der Waals surface area contributed by atoms with Crippen LogP contribution in [0.4, 0.5) is 0 Å². The van der Waals surface area contributed by atoms with Gasteiger partial charge in [-0.1, -0.05) is 12.1 Å². The zero-order valence-corrected chi connectivity index (χ0v) is 15.4. The Balaban J connectivity index is 1.45. The number of hydrogen-bond donors (Lipinski definition) is 0. The zero-order valence-electron chi connectivity index (χ0n) is 15.4. The number of nitrogens with zero attached hydrogens (tertiary/aromatic N) is 6. The molecule has 0 unspecified atom stereocenters. The molecule has 1 amide bonds. The fourth-order valence-corrected chi connectivity index (χ4v) is 3.57. The lowest BCUT2D eigenvalue weighted by Crippen LogP contribution is -2.38. The monoisotopic (exact) mass is 366 g/mol. The Kier molecular flexibility index (Phi) is 4.62. The van der Waals surface area contributed by atoms with Gasteiger partial charge in [0.25, 0.3) is 5.91 Å². The summed E-state index contributed by atoms with van der Waals surface area (Å²) in [4.78, 5) is 14.8. The standard InChI is InChI=1S/C19H22N6O2/c1-23-13-20-22-18(23)14-7-9-24(10-8-14)19(26)15-11-21-25(12-15)16-5-3-4-6-17(16)27-2/h3-6,11-14H,7-10H2,1-2H3. The largest absolute Gasteiger partial charge is 0.494 e. The predicted molar refractivity (Wildman–Crippen MR) is 99.0 cm³/mol. The average Bonchev–Trinajstić information content (AvgIpc) is 3.37. The third-order valence-corrected chi connectivity index (χ3v) is 5.06. The molecule has 0 saturated carbocycles. The Morgan fingerprint density at radius 3 is 2.70 bits per heavy atom. The lowest BCUT2D eigenvalue weighted by atomic mass is 9.95. The first kappa shape index (κ1) is 17.3. The van der Waals surface area contributed by atoms with Crippen molar-refractivity contribution in [2.75, 3.05) is 20.2 Å².